The molecule has 0 amide bonds. The van der Waals surface area contributed by atoms with E-state index < -0.39 is 38.7 Å². The first-order valence-electron chi connectivity index (χ1n) is 2.58. The van der Waals surface area contributed by atoms with Crippen molar-refractivity contribution in [3.63, 3.8) is 0 Å². The van der Waals surface area contributed by atoms with Crippen LogP contribution in [0.2, 0.25) is 0 Å². The average molecular weight is 352 g/mol. The molecule has 0 aliphatic carbocycles. The normalized spacial score (nSPS) is 22.8. The number of hydrogen-bond donors (Lipinski definition) is 0. The van der Waals surface area contributed by atoms with Crippen molar-refractivity contribution in [3.05, 3.63) is 0 Å². The second kappa shape index (κ2) is 2.43. The topological polar surface area (TPSA) is 24.7 Å². The third-order valence-electron chi connectivity index (χ3n) is 0.461. The van der Waals surface area contributed by atoms with E-state index in [1.165, 1.54) is 0 Å². The molecular formula is F12N2S3. The number of hydrogen-bond acceptors (Lipinski definition) is 2. The first-order chi connectivity index (χ1) is 6.37. The SMILES string of the molecule is FS(F)(=NS(F)(F)(F)(F)F)=NS(F)(F)(F)(F)F. The van der Waals surface area contributed by atoms with Gasteiger partial charge in [-0.1, -0.05) is 38.9 Å². The summed E-state index contributed by atoms with van der Waals surface area (Å²) in [6.45, 7) is 0. The maximum Gasteiger partial charge on any atom is 0.392 e. The van der Waals surface area contributed by atoms with Crippen molar-refractivity contribution in [1.29, 1.82) is 0 Å². The molecule has 0 spiro atoms. The maximum absolute atomic E-state index is 11.8. The zero-order valence-corrected chi connectivity index (χ0v) is 9.10. The Kier molecular flexibility index (Phi) is 2.40. The molecule has 0 fully saturated rings. The molecule has 0 N–H and O–H groups in total. The Morgan fingerprint density at radius 1 is 0.529 bits per heavy atom. The second-order valence-corrected chi connectivity index (χ2v) is 8.16. The van der Waals surface area contributed by atoms with E-state index in [1.54, 1.807) is 0 Å². The van der Waals surface area contributed by atoms with Crippen LogP contribution in [-0.2, 0) is 10.4 Å². The van der Waals surface area contributed by atoms with Crippen LogP contribution in [-0.4, -0.2) is 0 Å². The Morgan fingerprint density at radius 2 is 0.706 bits per heavy atom. The standard InChI is InChI=1S/F12N2S3/c1-15(2,13-16(3,4,5,6)7)14-17(8,9,10,11)12. The van der Waals surface area contributed by atoms with Crippen LogP contribution in [0.3, 0.4) is 0 Å². The third kappa shape index (κ3) is 12.1. The van der Waals surface area contributed by atoms with Crippen LogP contribution in [0.25, 0.3) is 0 Å². The number of halogens is 12. The Bertz CT molecular complexity index is 408. The van der Waals surface area contributed by atoms with Crippen molar-refractivity contribution in [1.82, 2.24) is 0 Å². The van der Waals surface area contributed by atoms with E-state index in [-0.39, 0.29) is 0 Å². The molecule has 0 unspecified atom stereocenters. The van der Waals surface area contributed by atoms with Crippen molar-refractivity contribution in [3.8, 4) is 0 Å². The fraction of sp³-hybridized carbons (Fsp3) is 0. The zero-order chi connectivity index (χ0) is 14.7. The van der Waals surface area contributed by atoms with Crippen LogP contribution in [0.1, 0.15) is 0 Å². The molecule has 0 bridgehead atoms. The van der Waals surface area contributed by atoms with Gasteiger partial charge in [-0.3, -0.25) is 0 Å². The molecule has 0 saturated heterocycles. The summed E-state index contributed by atoms with van der Waals surface area (Å²) in [6, 6.07) is 0. The molecule has 0 saturated carbocycles. The van der Waals surface area contributed by atoms with E-state index in [0.29, 0.717) is 0 Å². The largest absolute Gasteiger partial charge is 0.392 e. The van der Waals surface area contributed by atoms with Crippen LogP contribution in [0, 0.1) is 0 Å². The highest BCUT2D eigenvalue weighted by atomic mass is 32.5. The predicted octanol–water partition coefficient (Wildman–Crippen LogP) is 6.70. The monoisotopic (exact) mass is 352 g/mol. The third-order valence-corrected chi connectivity index (χ3v) is 4.15. The molecular weight excluding hydrogens is 352 g/mol. The van der Waals surface area contributed by atoms with Crippen molar-refractivity contribution < 1.29 is 46.6 Å². The fourth-order valence-corrected chi connectivity index (χ4v) is 3.42. The summed E-state index contributed by atoms with van der Waals surface area (Å²) in [5, 5.41) is 0. The molecule has 112 valence electrons. The molecule has 0 rings (SSSR count). The highest BCUT2D eigenvalue weighted by Gasteiger charge is 2.69. The summed E-state index contributed by atoms with van der Waals surface area (Å²) in [7, 11) is -30.7. The molecule has 17 heavy (non-hydrogen) atoms. The van der Waals surface area contributed by atoms with Crippen LogP contribution < -0.4 is 0 Å². The van der Waals surface area contributed by atoms with Gasteiger partial charge < -0.3 is 0 Å². The highest BCUT2D eigenvalue weighted by molar-refractivity contribution is 8.48. The summed E-state index contributed by atoms with van der Waals surface area (Å²) < 4.78 is 135. The van der Waals surface area contributed by atoms with Crippen LogP contribution in [0.15, 0.2) is 7.54 Å². The predicted molar refractivity (Wildman–Crippen MR) is 40.7 cm³/mol. The summed E-state index contributed by atoms with van der Waals surface area (Å²) >= 11 is 0. The van der Waals surface area contributed by atoms with Gasteiger partial charge in [-0.25, -0.2) is 0 Å². The molecule has 2 nitrogen and oxygen atoms in total. The van der Waals surface area contributed by atoms with Crippen LogP contribution in [0.4, 0.5) is 46.6 Å². The van der Waals surface area contributed by atoms with Gasteiger partial charge in [0.2, 0.25) is 0 Å². The molecule has 0 aromatic heterocycles. The minimum atomic E-state index is -11.4. The molecule has 0 aliphatic rings. The summed E-state index contributed by atoms with van der Waals surface area (Å²) in [5.74, 6) is 0. The Balaban J connectivity index is 6.38. The van der Waals surface area contributed by atoms with Gasteiger partial charge in [0.05, 0.1) is 0 Å². The van der Waals surface area contributed by atoms with Gasteiger partial charge in [0, 0.05) is 0 Å². The van der Waals surface area contributed by atoms with Crippen LogP contribution in [0.5, 0.6) is 0 Å². The first kappa shape index (κ1) is 16.8. The van der Waals surface area contributed by atoms with Gasteiger partial charge in [-0.2, -0.15) is 0 Å². The first-order valence-corrected chi connectivity index (χ1v) is 7.75. The van der Waals surface area contributed by atoms with Gasteiger partial charge >= 0.3 is 20.8 Å². The molecule has 0 heterocycles. The summed E-state index contributed by atoms with van der Waals surface area (Å²) in [6.07, 6.45) is 0. The fourth-order valence-electron chi connectivity index (χ4n) is 0.353. The smallest absolute Gasteiger partial charge is 0.109 e. The van der Waals surface area contributed by atoms with E-state index in [2.05, 4.69) is 0 Å². The van der Waals surface area contributed by atoms with E-state index in [9.17, 15) is 46.6 Å². The van der Waals surface area contributed by atoms with Gasteiger partial charge in [-0.15, -0.1) is 7.77 Å². The Morgan fingerprint density at radius 3 is 0.824 bits per heavy atom. The van der Waals surface area contributed by atoms with Crippen molar-refractivity contribution in [2.45, 2.75) is 0 Å². The quantitative estimate of drug-likeness (QED) is 0.494. The molecule has 0 radical (unpaired) electrons. The van der Waals surface area contributed by atoms with Crippen LogP contribution >= 0.6 is 20.8 Å². The van der Waals surface area contributed by atoms with Crippen molar-refractivity contribution >= 4 is 31.2 Å². The van der Waals surface area contributed by atoms with Gasteiger partial charge in [0.1, 0.15) is 0 Å². The van der Waals surface area contributed by atoms with Gasteiger partial charge in [0.15, 0.2) is 0 Å². The molecule has 0 atom stereocenters. The second-order valence-electron chi connectivity index (χ2n) is 2.42. The van der Waals surface area contributed by atoms with Gasteiger partial charge in [-0.05, 0) is 7.54 Å². The summed E-state index contributed by atoms with van der Waals surface area (Å²) in [4.78, 5) is 0. The van der Waals surface area contributed by atoms with Gasteiger partial charge in [0.25, 0.3) is 10.4 Å². The van der Waals surface area contributed by atoms with E-state index >= 15 is 0 Å². The van der Waals surface area contributed by atoms with E-state index in [4.69, 9.17) is 0 Å². The van der Waals surface area contributed by atoms with E-state index in [0.717, 1.165) is 0 Å². The minimum Gasteiger partial charge on any atom is -0.109 e. The minimum absolute atomic E-state index is 0.622. The molecule has 17 heteroatoms. The summed E-state index contributed by atoms with van der Waals surface area (Å²) in [5.41, 5.74) is 0. The molecule has 0 aromatic rings. The van der Waals surface area contributed by atoms with E-state index in [1.807, 2.05) is 0 Å². The lowest BCUT2D eigenvalue weighted by molar-refractivity contribution is 0.367. The molecule has 0 aromatic carbocycles. The lowest BCUT2D eigenvalue weighted by Gasteiger charge is -2.36. The Labute approximate surface area is 86.1 Å². The Hall–Kier alpha value is -0.190. The van der Waals surface area contributed by atoms with Crippen molar-refractivity contribution in [2.75, 3.05) is 0 Å². The average Bonchev–Trinajstić information content (AvgIpc) is 1.29. The lowest BCUT2D eigenvalue weighted by atomic mass is 13.9. The maximum atomic E-state index is 11.8. The molecule has 0 aliphatic heterocycles. The number of rotatable bonds is 2. The highest BCUT2D eigenvalue weighted by Crippen LogP contribution is 3.01. The lowest BCUT2D eigenvalue weighted by Crippen LogP contribution is -2.06. The van der Waals surface area contributed by atoms with Crippen molar-refractivity contribution in [2.24, 2.45) is 7.54 Å². The number of nitrogens with zero attached hydrogens (tertiary/aromatic N) is 2. The zero-order valence-electron chi connectivity index (χ0n) is 6.65.